The number of aliphatic hydroxyl groups is 1. The van der Waals surface area contributed by atoms with E-state index >= 15 is 0 Å². The molecule has 1 aliphatic heterocycles. The molecule has 0 unspecified atom stereocenters. The fourth-order valence-electron chi connectivity index (χ4n) is 2.54. The summed E-state index contributed by atoms with van der Waals surface area (Å²) in [5.41, 5.74) is 0.994. The van der Waals surface area contributed by atoms with E-state index < -0.39 is 0 Å². The van der Waals surface area contributed by atoms with E-state index in [2.05, 4.69) is 29.0 Å². The van der Waals surface area contributed by atoms with Gasteiger partial charge < -0.3 is 15.2 Å². The van der Waals surface area contributed by atoms with Crippen LogP contribution in [0.3, 0.4) is 0 Å². The molecule has 1 aromatic heterocycles. The summed E-state index contributed by atoms with van der Waals surface area (Å²) in [6, 6.07) is 3.65. The van der Waals surface area contributed by atoms with Gasteiger partial charge in [0.15, 0.2) is 0 Å². The number of rotatable bonds is 5. The number of likely N-dealkylation sites (tertiary alicyclic amines) is 1. The summed E-state index contributed by atoms with van der Waals surface area (Å²) in [6.07, 6.45) is 1.51. The number of hydrogen-bond donors (Lipinski definition) is 2. The van der Waals surface area contributed by atoms with Gasteiger partial charge in [-0.05, 0) is 31.5 Å². The maximum Gasteiger partial charge on any atom is 0.270 e. The monoisotopic (exact) mass is 293 g/mol. The van der Waals surface area contributed by atoms with Crippen LogP contribution in [-0.2, 0) is 11.3 Å². The number of nitrogens with one attached hydrogen (secondary N) is 1. The molecule has 1 fully saturated rings. The Morgan fingerprint density at radius 3 is 2.95 bits per heavy atom. The molecule has 116 valence electrons. The summed E-state index contributed by atoms with van der Waals surface area (Å²) in [7, 11) is 1.66. The molecule has 0 radical (unpaired) electrons. The summed E-state index contributed by atoms with van der Waals surface area (Å²) >= 11 is 0. The van der Waals surface area contributed by atoms with Crippen LogP contribution in [0.4, 0.5) is 0 Å². The summed E-state index contributed by atoms with van der Waals surface area (Å²) in [5.74, 6) is -0.233. The summed E-state index contributed by atoms with van der Waals surface area (Å²) in [4.78, 5) is 18.6. The van der Waals surface area contributed by atoms with Crippen molar-refractivity contribution in [3.8, 4) is 0 Å². The van der Waals surface area contributed by atoms with Crippen LogP contribution in [0.15, 0.2) is 18.3 Å². The molecule has 0 saturated carbocycles. The van der Waals surface area contributed by atoms with E-state index in [1.54, 1.807) is 19.2 Å². The molecule has 0 spiro atoms. The van der Waals surface area contributed by atoms with Crippen molar-refractivity contribution in [3.05, 3.63) is 29.6 Å². The first kappa shape index (κ1) is 15.9. The van der Waals surface area contributed by atoms with Crippen LogP contribution in [0.2, 0.25) is 0 Å². The number of hydrogen-bond acceptors (Lipinski definition) is 5. The Bertz CT molecular complexity index is 493. The van der Waals surface area contributed by atoms with Crippen LogP contribution in [-0.4, -0.2) is 59.3 Å². The molecule has 1 aromatic rings. The largest absolute Gasteiger partial charge is 0.392 e. The molecule has 2 rings (SSSR count). The minimum Gasteiger partial charge on any atom is -0.392 e. The molecule has 0 aromatic carbocycles. The highest BCUT2D eigenvalue weighted by Gasteiger charge is 2.35. The lowest BCUT2D eigenvalue weighted by molar-refractivity contribution is 0.0750. The van der Waals surface area contributed by atoms with Gasteiger partial charge in [-0.25, -0.2) is 0 Å². The first-order chi connectivity index (χ1) is 10.0. The van der Waals surface area contributed by atoms with E-state index in [9.17, 15) is 4.79 Å². The van der Waals surface area contributed by atoms with Gasteiger partial charge in [-0.2, -0.15) is 0 Å². The Morgan fingerprint density at radius 1 is 1.57 bits per heavy atom. The number of carbonyl (C=O) groups is 1. The number of ether oxygens (including phenoxy) is 1. The normalized spacial score (nSPS) is 22.7. The molecular formula is C15H23N3O3. The maximum atomic E-state index is 12.3. The second-order valence-electron chi connectivity index (χ2n) is 5.61. The van der Waals surface area contributed by atoms with Gasteiger partial charge in [-0.15, -0.1) is 0 Å². The Balaban J connectivity index is 2.04. The van der Waals surface area contributed by atoms with Crippen molar-refractivity contribution >= 4 is 5.91 Å². The molecule has 6 heteroatoms. The molecule has 0 bridgehead atoms. The Kier molecular flexibility index (Phi) is 5.27. The van der Waals surface area contributed by atoms with Gasteiger partial charge in [0.25, 0.3) is 5.91 Å². The maximum absolute atomic E-state index is 12.3. The quantitative estimate of drug-likeness (QED) is 0.822. The van der Waals surface area contributed by atoms with Crippen LogP contribution < -0.4 is 5.32 Å². The highest BCUT2D eigenvalue weighted by molar-refractivity contribution is 5.92. The summed E-state index contributed by atoms with van der Waals surface area (Å²) in [5, 5.41) is 12.1. The second kappa shape index (κ2) is 6.98. The zero-order valence-electron chi connectivity index (χ0n) is 12.7. The molecule has 2 N–H and O–H groups in total. The molecule has 1 aliphatic rings. The number of pyridine rings is 1. The van der Waals surface area contributed by atoms with E-state index in [-0.39, 0.29) is 24.7 Å². The third kappa shape index (κ3) is 3.78. The van der Waals surface area contributed by atoms with E-state index in [0.717, 1.165) is 13.1 Å². The van der Waals surface area contributed by atoms with Crippen molar-refractivity contribution in [2.24, 2.45) is 0 Å². The number of aromatic nitrogens is 1. The van der Waals surface area contributed by atoms with E-state index in [1.807, 2.05) is 0 Å². The smallest absolute Gasteiger partial charge is 0.270 e. The zero-order valence-corrected chi connectivity index (χ0v) is 12.7. The Labute approximate surface area is 125 Å². The van der Waals surface area contributed by atoms with Crippen LogP contribution in [0.1, 0.15) is 29.9 Å². The first-order valence-electron chi connectivity index (χ1n) is 7.18. The van der Waals surface area contributed by atoms with Crippen molar-refractivity contribution in [1.82, 2.24) is 15.2 Å². The molecular weight excluding hydrogens is 270 g/mol. The second-order valence-corrected chi connectivity index (χ2v) is 5.61. The minimum atomic E-state index is -0.233. The number of aliphatic hydroxyl groups excluding tert-OH is 1. The van der Waals surface area contributed by atoms with Crippen LogP contribution >= 0.6 is 0 Å². The number of methoxy groups -OCH3 is 1. The van der Waals surface area contributed by atoms with Gasteiger partial charge in [-0.3, -0.25) is 14.7 Å². The minimum absolute atomic E-state index is 0.0163. The lowest BCUT2D eigenvalue weighted by Gasteiger charge is -2.19. The van der Waals surface area contributed by atoms with Crippen LogP contribution in [0.25, 0.3) is 0 Å². The number of nitrogens with zero attached hydrogens (tertiary/aromatic N) is 2. The zero-order chi connectivity index (χ0) is 15.4. The fraction of sp³-hybridized carbons (Fsp3) is 0.600. The van der Waals surface area contributed by atoms with Crippen molar-refractivity contribution in [2.45, 2.75) is 38.6 Å². The summed E-state index contributed by atoms with van der Waals surface area (Å²) in [6.45, 7) is 5.73. The molecule has 6 nitrogen and oxygen atoms in total. The lowest BCUT2D eigenvalue weighted by atomic mass is 10.2. The van der Waals surface area contributed by atoms with Crippen molar-refractivity contribution in [1.29, 1.82) is 0 Å². The predicted octanol–water partition coefficient (Wildman–Crippen LogP) is 0.411. The number of carbonyl (C=O) groups excluding carboxylic acids is 1. The molecule has 1 amide bonds. The van der Waals surface area contributed by atoms with E-state index in [4.69, 9.17) is 9.84 Å². The van der Waals surface area contributed by atoms with Crippen molar-refractivity contribution in [2.75, 3.05) is 20.2 Å². The molecule has 2 heterocycles. The van der Waals surface area contributed by atoms with Gasteiger partial charge in [0.2, 0.25) is 0 Å². The van der Waals surface area contributed by atoms with Gasteiger partial charge in [0.05, 0.1) is 18.8 Å². The molecule has 21 heavy (non-hydrogen) atoms. The van der Waals surface area contributed by atoms with Crippen molar-refractivity contribution in [3.63, 3.8) is 0 Å². The highest BCUT2D eigenvalue weighted by Crippen LogP contribution is 2.16. The van der Waals surface area contributed by atoms with E-state index in [1.165, 1.54) is 6.20 Å². The van der Waals surface area contributed by atoms with Crippen LogP contribution in [0, 0.1) is 0 Å². The van der Waals surface area contributed by atoms with Gasteiger partial charge in [0.1, 0.15) is 5.69 Å². The first-order valence-corrected chi connectivity index (χ1v) is 7.18. The van der Waals surface area contributed by atoms with E-state index in [0.29, 0.717) is 17.3 Å². The molecule has 2 atom stereocenters. The predicted molar refractivity (Wildman–Crippen MR) is 78.9 cm³/mol. The molecule has 0 aliphatic carbocycles. The Morgan fingerprint density at radius 2 is 2.33 bits per heavy atom. The fourth-order valence-corrected chi connectivity index (χ4v) is 2.54. The average molecular weight is 293 g/mol. The number of amides is 1. The molecule has 1 saturated heterocycles. The van der Waals surface area contributed by atoms with Crippen LogP contribution in [0.5, 0.6) is 0 Å². The third-order valence-electron chi connectivity index (χ3n) is 3.88. The average Bonchev–Trinajstić information content (AvgIpc) is 2.90. The van der Waals surface area contributed by atoms with Gasteiger partial charge in [-0.1, -0.05) is 0 Å². The summed E-state index contributed by atoms with van der Waals surface area (Å²) < 4.78 is 5.47. The van der Waals surface area contributed by atoms with Gasteiger partial charge >= 0.3 is 0 Å². The Hall–Kier alpha value is -1.50. The lowest BCUT2D eigenvalue weighted by Crippen LogP contribution is -2.44. The van der Waals surface area contributed by atoms with Gasteiger partial charge in [0, 0.05) is 32.4 Å². The SMILES string of the molecule is CO[C@H]1CN(C(C)C)C[C@@H]1NC(=O)c1cc(CO)ccn1. The third-order valence-corrected chi connectivity index (χ3v) is 3.88. The van der Waals surface area contributed by atoms with Crippen molar-refractivity contribution < 1.29 is 14.6 Å². The highest BCUT2D eigenvalue weighted by atomic mass is 16.5. The standard InChI is InChI=1S/C15H23N3O3/c1-10(2)18-7-13(14(8-18)21-3)17-15(20)12-6-11(9-19)4-5-16-12/h4-6,10,13-14,19H,7-9H2,1-3H3,(H,17,20)/t13-,14-/m0/s1. The topological polar surface area (TPSA) is 74.7 Å².